The van der Waals surface area contributed by atoms with Crippen molar-refractivity contribution in [3.63, 3.8) is 0 Å². The van der Waals surface area contributed by atoms with Crippen LogP contribution in [-0.4, -0.2) is 13.7 Å². The Labute approximate surface area is 61.1 Å². The standard InChI is InChI=1S/C5H8N2O2S/c8-10(9)7-4-5-1-2-6-3-5/h1-3,6-7H,4H2,(H,8,9)/p-1. The van der Waals surface area contributed by atoms with E-state index in [0.717, 1.165) is 5.56 Å². The molecule has 0 bridgehead atoms. The fourth-order valence-electron chi connectivity index (χ4n) is 0.611. The van der Waals surface area contributed by atoms with E-state index in [1.807, 2.05) is 0 Å². The molecule has 2 N–H and O–H groups in total. The Morgan fingerprint density at radius 2 is 2.60 bits per heavy atom. The minimum atomic E-state index is -2.16. The third kappa shape index (κ3) is 2.30. The summed E-state index contributed by atoms with van der Waals surface area (Å²) in [5, 5.41) is 0. The lowest BCUT2D eigenvalue weighted by Crippen LogP contribution is -2.14. The third-order valence-electron chi connectivity index (χ3n) is 1.06. The molecule has 0 saturated heterocycles. The summed E-state index contributed by atoms with van der Waals surface area (Å²) in [6, 6.07) is 1.81. The first kappa shape index (κ1) is 7.46. The molecule has 0 aliphatic rings. The number of aromatic nitrogens is 1. The van der Waals surface area contributed by atoms with Crippen LogP contribution in [0.4, 0.5) is 0 Å². The Hall–Kier alpha value is -0.650. The van der Waals surface area contributed by atoms with E-state index in [9.17, 15) is 8.76 Å². The van der Waals surface area contributed by atoms with Crippen molar-refractivity contribution in [1.29, 1.82) is 0 Å². The Kier molecular flexibility index (Phi) is 2.61. The Balaban J connectivity index is 2.35. The highest BCUT2D eigenvalue weighted by molar-refractivity contribution is 7.77. The highest BCUT2D eigenvalue weighted by Crippen LogP contribution is 1.94. The van der Waals surface area contributed by atoms with Crippen LogP contribution < -0.4 is 4.72 Å². The van der Waals surface area contributed by atoms with Crippen molar-refractivity contribution in [2.75, 3.05) is 0 Å². The smallest absolute Gasteiger partial charge is 0.0337 e. The summed E-state index contributed by atoms with van der Waals surface area (Å²) in [6.07, 6.45) is 3.48. The summed E-state index contributed by atoms with van der Waals surface area (Å²) in [7, 11) is 0. The lowest BCUT2D eigenvalue weighted by molar-refractivity contribution is 0.522. The number of hydrogen-bond acceptors (Lipinski definition) is 2. The Morgan fingerprint density at radius 1 is 1.80 bits per heavy atom. The van der Waals surface area contributed by atoms with Crippen LogP contribution in [0.5, 0.6) is 0 Å². The fourth-order valence-corrected chi connectivity index (χ4v) is 0.895. The van der Waals surface area contributed by atoms with Gasteiger partial charge in [0.15, 0.2) is 0 Å². The van der Waals surface area contributed by atoms with Crippen molar-refractivity contribution < 1.29 is 8.76 Å². The molecular weight excluding hydrogens is 152 g/mol. The van der Waals surface area contributed by atoms with Crippen molar-refractivity contribution in [3.05, 3.63) is 24.0 Å². The first-order chi connectivity index (χ1) is 4.79. The van der Waals surface area contributed by atoms with Gasteiger partial charge < -0.3 is 9.54 Å². The highest BCUT2D eigenvalue weighted by atomic mass is 32.2. The maximum absolute atomic E-state index is 9.97. The van der Waals surface area contributed by atoms with Crippen LogP contribution in [-0.2, 0) is 17.8 Å². The van der Waals surface area contributed by atoms with Crippen LogP contribution in [0.3, 0.4) is 0 Å². The number of nitrogens with one attached hydrogen (secondary N) is 2. The van der Waals surface area contributed by atoms with Gasteiger partial charge in [0.25, 0.3) is 0 Å². The Morgan fingerprint density at radius 3 is 3.10 bits per heavy atom. The summed E-state index contributed by atoms with van der Waals surface area (Å²) < 4.78 is 22.2. The largest absolute Gasteiger partial charge is 0.760 e. The highest BCUT2D eigenvalue weighted by Gasteiger charge is 1.89. The second-order valence-electron chi connectivity index (χ2n) is 1.78. The van der Waals surface area contributed by atoms with Crippen LogP contribution in [0.25, 0.3) is 0 Å². The number of H-pyrrole nitrogens is 1. The van der Waals surface area contributed by atoms with Crippen LogP contribution in [0, 0.1) is 0 Å². The fraction of sp³-hybridized carbons (Fsp3) is 0.200. The van der Waals surface area contributed by atoms with Crippen molar-refractivity contribution >= 4 is 11.3 Å². The SMILES string of the molecule is O=S([O-])NCc1cc[nH]c1. The Bertz CT molecular complexity index is 209. The van der Waals surface area contributed by atoms with Crippen molar-refractivity contribution in [1.82, 2.24) is 9.71 Å². The summed E-state index contributed by atoms with van der Waals surface area (Å²) in [6.45, 7) is 0.347. The molecule has 1 aromatic heterocycles. The first-order valence-corrected chi connectivity index (χ1v) is 3.81. The molecule has 1 heterocycles. The molecule has 4 nitrogen and oxygen atoms in total. The molecule has 0 fully saturated rings. The van der Waals surface area contributed by atoms with E-state index in [-0.39, 0.29) is 0 Å². The summed E-state index contributed by atoms with van der Waals surface area (Å²) in [4.78, 5) is 2.81. The van der Waals surface area contributed by atoms with Gasteiger partial charge in [0.2, 0.25) is 0 Å². The number of rotatable bonds is 3. The maximum atomic E-state index is 9.97. The van der Waals surface area contributed by atoms with Gasteiger partial charge in [-0.1, -0.05) is 0 Å². The molecule has 56 valence electrons. The third-order valence-corrected chi connectivity index (χ3v) is 1.44. The van der Waals surface area contributed by atoms with E-state index < -0.39 is 11.3 Å². The van der Waals surface area contributed by atoms with Gasteiger partial charge in [-0.05, 0) is 11.6 Å². The van der Waals surface area contributed by atoms with Gasteiger partial charge in [-0.3, -0.25) is 4.21 Å². The van der Waals surface area contributed by atoms with E-state index in [2.05, 4.69) is 9.71 Å². The zero-order valence-corrected chi connectivity index (χ0v) is 5.98. The molecule has 10 heavy (non-hydrogen) atoms. The lowest BCUT2D eigenvalue weighted by atomic mass is 10.4. The van der Waals surface area contributed by atoms with Gasteiger partial charge in [-0.25, -0.2) is 4.72 Å². The molecule has 0 saturated carbocycles. The zero-order valence-electron chi connectivity index (χ0n) is 5.16. The monoisotopic (exact) mass is 159 g/mol. The quantitative estimate of drug-likeness (QED) is 0.604. The zero-order chi connectivity index (χ0) is 7.40. The predicted molar refractivity (Wildman–Crippen MR) is 36.6 cm³/mol. The van der Waals surface area contributed by atoms with Gasteiger partial charge in [-0.2, -0.15) is 0 Å². The first-order valence-electron chi connectivity index (χ1n) is 2.73. The number of hydrogen-bond donors (Lipinski definition) is 2. The minimum absolute atomic E-state index is 0.347. The summed E-state index contributed by atoms with van der Waals surface area (Å²) in [5.74, 6) is 0. The second-order valence-corrected chi connectivity index (χ2v) is 2.53. The second kappa shape index (κ2) is 3.50. The average Bonchev–Trinajstić information content (AvgIpc) is 2.34. The van der Waals surface area contributed by atoms with E-state index in [1.54, 1.807) is 18.5 Å². The van der Waals surface area contributed by atoms with E-state index in [4.69, 9.17) is 0 Å². The van der Waals surface area contributed by atoms with Gasteiger partial charge in [0.05, 0.1) is 0 Å². The van der Waals surface area contributed by atoms with Gasteiger partial charge >= 0.3 is 0 Å². The lowest BCUT2D eigenvalue weighted by Gasteiger charge is -2.04. The van der Waals surface area contributed by atoms with E-state index in [0.29, 0.717) is 6.54 Å². The van der Waals surface area contributed by atoms with Crippen LogP contribution in [0.2, 0.25) is 0 Å². The molecule has 5 heteroatoms. The van der Waals surface area contributed by atoms with Crippen molar-refractivity contribution in [2.45, 2.75) is 6.54 Å². The molecule has 0 aliphatic heterocycles. The maximum Gasteiger partial charge on any atom is 0.0337 e. The minimum Gasteiger partial charge on any atom is -0.760 e. The van der Waals surface area contributed by atoms with Gasteiger partial charge in [-0.15, -0.1) is 0 Å². The summed E-state index contributed by atoms with van der Waals surface area (Å²) >= 11 is -2.16. The molecule has 0 amide bonds. The van der Waals surface area contributed by atoms with Crippen LogP contribution in [0.1, 0.15) is 5.56 Å². The molecule has 1 atom stereocenters. The normalized spacial score (nSPS) is 13.3. The van der Waals surface area contributed by atoms with E-state index in [1.165, 1.54) is 0 Å². The van der Waals surface area contributed by atoms with Crippen molar-refractivity contribution in [2.24, 2.45) is 0 Å². The molecule has 0 radical (unpaired) electrons. The molecule has 0 aliphatic carbocycles. The van der Waals surface area contributed by atoms with Crippen molar-refractivity contribution in [3.8, 4) is 0 Å². The molecule has 1 unspecified atom stereocenters. The van der Waals surface area contributed by atoms with Gasteiger partial charge in [0, 0.05) is 30.2 Å². The molecule has 1 aromatic rings. The van der Waals surface area contributed by atoms with E-state index >= 15 is 0 Å². The average molecular weight is 159 g/mol. The van der Waals surface area contributed by atoms with Crippen LogP contribution >= 0.6 is 0 Å². The molecule has 1 rings (SSSR count). The molecular formula is C5H7N2O2S-. The predicted octanol–water partition coefficient (Wildman–Crippen LogP) is -0.102. The number of aromatic amines is 1. The van der Waals surface area contributed by atoms with Gasteiger partial charge in [0.1, 0.15) is 0 Å². The van der Waals surface area contributed by atoms with Crippen LogP contribution in [0.15, 0.2) is 18.5 Å². The topological polar surface area (TPSA) is 67.9 Å². The summed E-state index contributed by atoms with van der Waals surface area (Å²) in [5.41, 5.74) is 0.921. The molecule has 0 aromatic carbocycles. The molecule has 0 spiro atoms.